The molecule has 1 atom stereocenters. The molecule has 0 spiro atoms. The van der Waals surface area contributed by atoms with E-state index in [1.807, 2.05) is 30.3 Å². The zero-order valence-electron chi connectivity index (χ0n) is 18.0. The zero-order valence-corrected chi connectivity index (χ0v) is 20.3. The Balaban J connectivity index is 1.63. The standard InChI is InChI=1S/C25H23Cl2NO4S/c1-32-24-5-3-2-4-22(24)25(29)28(20-12-13-33(30,31)16-20)15-17-6-8-18(9-7-17)21-11-10-19(26)14-23(21)27/h2-11,14,20H,12-13,15-16H2,1H3. The molecule has 8 heteroatoms. The van der Waals surface area contributed by atoms with Crippen LogP contribution in [0.3, 0.4) is 0 Å². The van der Waals surface area contributed by atoms with E-state index in [2.05, 4.69) is 0 Å². The predicted octanol–water partition coefficient (Wildman–Crippen LogP) is 5.50. The largest absolute Gasteiger partial charge is 0.496 e. The second kappa shape index (κ2) is 9.75. The predicted molar refractivity (Wildman–Crippen MR) is 132 cm³/mol. The first-order chi connectivity index (χ1) is 15.8. The van der Waals surface area contributed by atoms with Crippen LogP contribution < -0.4 is 4.74 Å². The second-order valence-corrected chi connectivity index (χ2v) is 11.1. The molecule has 1 saturated heterocycles. The minimum Gasteiger partial charge on any atom is -0.496 e. The number of carbonyl (C=O) groups is 1. The van der Waals surface area contributed by atoms with Gasteiger partial charge in [0.1, 0.15) is 5.75 Å². The molecular weight excluding hydrogens is 481 g/mol. The van der Waals surface area contributed by atoms with Crippen molar-refractivity contribution in [3.8, 4) is 16.9 Å². The first-order valence-electron chi connectivity index (χ1n) is 10.5. The molecule has 1 heterocycles. The number of halogens is 2. The van der Waals surface area contributed by atoms with Gasteiger partial charge in [-0.05, 0) is 41.8 Å². The molecule has 4 rings (SSSR count). The molecule has 0 aromatic heterocycles. The van der Waals surface area contributed by atoms with E-state index in [4.69, 9.17) is 27.9 Å². The Morgan fingerprint density at radius 3 is 2.42 bits per heavy atom. The summed E-state index contributed by atoms with van der Waals surface area (Å²) in [6.07, 6.45) is 0.418. The van der Waals surface area contributed by atoms with Gasteiger partial charge >= 0.3 is 0 Å². The maximum atomic E-state index is 13.5. The van der Waals surface area contributed by atoms with Gasteiger partial charge in [0.05, 0.1) is 24.2 Å². The topological polar surface area (TPSA) is 63.7 Å². The Morgan fingerprint density at radius 2 is 1.79 bits per heavy atom. The lowest BCUT2D eigenvalue weighted by atomic mass is 10.0. The van der Waals surface area contributed by atoms with E-state index in [1.165, 1.54) is 7.11 Å². The van der Waals surface area contributed by atoms with Gasteiger partial charge in [0.2, 0.25) is 0 Å². The number of rotatable bonds is 6. The zero-order chi connectivity index (χ0) is 23.6. The van der Waals surface area contributed by atoms with Crippen LogP contribution in [0.5, 0.6) is 5.75 Å². The SMILES string of the molecule is COc1ccccc1C(=O)N(Cc1ccc(-c2ccc(Cl)cc2Cl)cc1)C1CCS(=O)(=O)C1. The molecule has 1 amide bonds. The summed E-state index contributed by atoms with van der Waals surface area (Å²) < 4.78 is 29.7. The van der Waals surface area contributed by atoms with Crippen molar-refractivity contribution in [1.82, 2.24) is 4.90 Å². The lowest BCUT2D eigenvalue weighted by Crippen LogP contribution is -2.40. The van der Waals surface area contributed by atoms with Gasteiger partial charge in [-0.3, -0.25) is 4.79 Å². The van der Waals surface area contributed by atoms with Crippen molar-refractivity contribution in [3.05, 3.63) is 87.9 Å². The van der Waals surface area contributed by atoms with Crippen molar-refractivity contribution in [2.45, 2.75) is 19.0 Å². The van der Waals surface area contributed by atoms with Crippen LogP contribution in [0.15, 0.2) is 66.7 Å². The smallest absolute Gasteiger partial charge is 0.258 e. The number of para-hydroxylation sites is 1. The number of amides is 1. The summed E-state index contributed by atoms with van der Waals surface area (Å²) in [5, 5.41) is 1.12. The lowest BCUT2D eigenvalue weighted by molar-refractivity contribution is 0.0677. The lowest BCUT2D eigenvalue weighted by Gasteiger charge is -2.29. The first kappa shape index (κ1) is 23.6. The molecule has 0 radical (unpaired) electrons. The van der Waals surface area contributed by atoms with E-state index in [0.29, 0.717) is 27.8 Å². The minimum atomic E-state index is -3.17. The van der Waals surface area contributed by atoms with E-state index in [1.54, 1.807) is 41.3 Å². The number of carbonyl (C=O) groups excluding carboxylic acids is 1. The molecule has 33 heavy (non-hydrogen) atoms. The van der Waals surface area contributed by atoms with Gasteiger partial charge in [-0.1, -0.05) is 65.7 Å². The van der Waals surface area contributed by atoms with Gasteiger partial charge in [-0.25, -0.2) is 8.42 Å². The molecule has 5 nitrogen and oxygen atoms in total. The highest BCUT2D eigenvalue weighted by Gasteiger charge is 2.35. The highest BCUT2D eigenvalue weighted by atomic mass is 35.5. The van der Waals surface area contributed by atoms with E-state index in [9.17, 15) is 13.2 Å². The molecule has 172 valence electrons. The fourth-order valence-electron chi connectivity index (χ4n) is 4.07. The molecule has 0 N–H and O–H groups in total. The molecule has 1 aliphatic heterocycles. The van der Waals surface area contributed by atoms with Gasteiger partial charge < -0.3 is 9.64 Å². The van der Waals surface area contributed by atoms with Crippen molar-refractivity contribution in [2.24, 2.45) is 0 Å². The van der Waals surface area contributed by atoms with Crippen LogP contribution >= 0.6 is 23.2 Å². The third-order valence-corrected chi connectivity index (χ3v) is 8.09. The van der Waals surface area contributed by atoms with Crippen LogP contribution in [0.4, 0.5) is 0 Å². The van der Waals surface area contributed by atoms with Crippen molar-refractivity contribution < 1.29 is 17.9 Å². The highest BCUT2D eigenvalue weighted by Crippen LogP contribution is 2.31. The minimum absolute atomic E-state index is 0.0354. The van der Waals surface area contributed by atoms with Crippen LogP contribution in [-0.2, 0) is 16.4 Å². The fraction of sp³-hybridized carbons (Fsp3) is 0.240. The summed E-state index contributed by atoms with van der Waals surface area (Å²) in [6.45, 7) is 0.283. The number of nitrogens with zero attached hydrogens (tertiary/aromatic N) is 1. The van der Waals surface area contributed by atoms with Crippen LogP contribution in [-0.4, -0.2) is 43.9 Å². The summed E-state index contributed by atoms with van der Waals surface area (Å²) in [5.74, 6) is 0.258. The van der Waals surface area contributed by atoms with E-state index >= 15 is 0 Å². The normalized spacial score (nSPS) is 17.0. The summed E-state index contributed by atoms with van der Waals surface area (Å²) in [6, 6.07) is 19.6. The average molecular weight is 504 g/mol. The third kappa shape index (κ3) is 5.35. The number of methoxy groups -OCH3 is 1. The third-order valence-electron chi connectivity index (χ3n) is 5.80. The summed E-state index contributed by atoms with van der Waals surface area (Å²) in [5.41, 5.74) is 3.08. The highest BCUT2D eigenvalue weighted by molar-refractivity contribution is 7.91. The number of ether oxygens (including phenoxy) is 1. The van der Waals surface area contributed by atoms with Crippen molar-refractivity contribution in [1.29, 1.82) is 0 Å². The monoisotopic (exact) mass is 503 g/mol. The molecule has 0 bridgehead atoms. The van der Waals surface area contributed by atoms with Crippen molar-refractivity contribution >= 4 is 38.9 Å². The van der Waals surface area contributed by atoms with Crippen LogP contribution in [0, 0.1) is 0 Å². The maximum absolute atomic E-state index is 13.5. The molecule has 1 aliphatic rings. The second-order valence-electron chi connectivity index (χ2n) is 8.01. The van der Waals surface area contributed by atoms with E-state index < -0.39 is 15.9 Å². The molecule has 1 unspecified atom stereocenters. The Kier molecular flexibility index (Phi) is 6.98. The van der Waals surface area contributed by atoms with E-state index in [0.717, 1.165) is 16.7 Å². The molecule has 3 aromatic rings. The molecule has 0 saturated carbocycles. The van der Waals surface area contributed by atoms with Gasteiger partial charge in [-0.2, -0.15) is 0 Å². The van der Waals surface area contributed by atoms with Gasteiger partial charge in [0.15, 0.2) is 9.84 Å². The average Bonchev–Trinajstić information content (AvgIpc) is 3.17. The van der Waals surface area contributed by atoms with Gasteiger partial charge in [0, 0.05) is 28.2 Å². The summed E-state index contributed by atoms with van der Waals surface area (Å²) >= 11 is 12.3. The number of hydrogen-bond acceptors (Lipinski definition) is 4. The quantitative estimate of drug-likeness (QED) is 0.445. The fourth-order valence-corrected chi connectivity index (χ4v) is 6.32. The molecule has 1 fully saturated rings. The molecule has 0 aliphatic carbocycles. The van der Waals surface area contributed by atoms with Gasteiger partial charge in [0.25, 0.3) is 5.91 Å². The number of sulfone groups is 1. The van der Waals surface area contributed by atoms with Gasteiger partial charge in [-0.15, -0.1) is 0 Å². The Labute approximate surface area is 203 Å². The van der Waals surface area contributed by atoms with Crippen LogP contribution in [0.1, 0.15) is 22.3 Å². The number of benzene rings is 3. The number of hydrogen-bond donors (Lipinski definition) is 0. The maximum Gasteiger partial charge on any atom is 0.258 e. The Bertz CT molecular complexity index is 1280. The summed E-state index contributed by atoms with van der Waals surface area (Å²) in [7, 11) is -1.65. The molecular formula is C25H23Cl2NO4S. The van der Waals surface area contributed by atoms with Crippen LogP contribution in [0.2, 0.25) is 10.0 Å². The van der Waals surface area contributed by atoms with Crippen LogP contribution in [0.25, 0.3) is 11.1 Å². The molecule has 3 aromatic carbocycles. The Morgan fingerprint density at radius 1 is 1.06 bits per heavy atom. The van der Waals surface area contributed by atoms with E-state index in [-0.39, 0.29) is 24.0 Å². The van der Waals surface area contributed by atoms with Crippen molar-refractivity contribution in [3.63, 3.8) is 0 Å². The van der Waals surface area contributed by atoms with Crippen molar-refractivity contribution in [2.75, 3.05) is 18.6 Å². The Hall–Kier alpha value is -2.54. The summed E-state index contributed by atoms with van der Waals surface area (Å²) in [4.78, 5) is 15.2. The first-order valence-corrected chi connectivity index (χ1v) is 13.0.